The molecule has 0 radical (unpaired) electrons. The van der Waals surface area contributed by atoms with Gasteiger partial charge in [-0.05, 0) is 68.1 Å². The van der Waals surface area contributed by atoms with Crippen LogP contribution in [0.5, 0.6) is 0 Å². The van der Waals surface area contributed by atoms with Crippen molar-refractivity contribution in [2.24, 2.45) is 23.5 Å². The zero-order valence-electron chi connectivity index (χ0n) is 17.0. The molecule has 0 heterocycles. The lowest BCUT2D eigenvalue weighted by atomic mass is 9.89. The number of benzene rings is 1. The SMILES string of the molecule is C[C@H](C(=O)N(C)CC(F)(F)F)c1ccc(NC(=O)[C@@H](N)C(C2CC2)C2CC2)c(F)c1. The standard InChI is InChI=1S/C21H27F4N3O2/c1-11(20(30)28(2)10-21(23,24)25)14-7-8-16(15(22)9-14)27-19(29)18(26)17(12-3-4-12)13-5-6-13/h7-9,11-13,17-18H,3-6,10,26H2,1-2H3,(H,27,29)/t11-,18-/m0/s1. The number of hydrogen-bond donors (Lipinski definition) is 2. The highest BCUT2D eigenvalue weighted by atomic mass is 19.4. The van der Waals surface area contributed by atoms with Crippen LogP contribution in [0.4, 0.5) is 23.2 Å². The maximum absolute atomic E-state index is 14.6. The quantitative estimate of drug-likeness (QED) is 0.620. The van der Waals surface area contributed by atoms with E-state index in [9.17, 15) is 27.2 Å². The number of nitrogens with one attached hydrogen (secondary N) is 1. The van der Waals surface area contributed by atoms with Gasteiger partial charge in [0.05, 0.1) is 17.6 Å². The Balaban J connectivity index is 1.64. The molecule has 1 aromatic carbocycles. The first-order valence-corrected chi connectivity index (χ1v) is 10.2. The van der Waals surface area contributed by atoms with E-state index < -0.39 is 42.3 Å². The molecule has 5 nitrogen and oxygen atoms in total. The number of nitrogens with zero attached hydrogens (tertiary/aromatic N) is 1. The van der Waals surface area contributed by atoms with Gasteiger partial charge in [0.2, 0.25) is 11.8 Å². The lowest BCUT2D eigenvalue weighted by Gasteiger charge is -2.24. The van der Waals surface area contributed by atoms with Crippen molar-refractivity contribution in [2.75, 3.05) is 18.9 Å². The monoisotopic (exact) mass is 429 g/mol. The predicted molar refractivity (Wildman–Crippen MR) is 104 cm³/mol. The maximum atomic E-state index is 14.6. The van der Waals surface area contributed by atoms with Crippen molar-refractivity contribution in [1.82, 2.24) is 4.90 Å². The molecule has 2 amide bonds. The van der Waals surface area contributed by atoms with E-state index in [0.717, 1.165) is 38.8 Å². The summed E-state index contributed by atoms with van der Waals surface area (Å²) in [6.07, 6.45) is -0.235. The Labute approximate surface area is 173 Å². The molecular formula is C21H27F4N3O2. The van der Waals surface area contributed by atoms with Gasteiger partial charge in [-0.3, -0.25) is 9.59 Å². The van der Waals surface area contributed by atoms with Crippen LogP contribution < -0.4 is 11.1 Å². The summed E-state index contributed by atoms with van der Waals surface area (Å²) in [5.74, 6) is -1.90. The molecule has 1 aromatic rings. The first kappa shape index (κ1) is 22.5. The third-order valence-electron chi connectivity index (χ3n) is 5.96. The molecule has 0 aromatic heterocycles. The molecule has 2 aliphatic carbocycles. The summed E-state index contributed by atoms with van der Waals surface area (Å²) in [4.78, 5) is 25.3. The van der Waals surface area contributed by atoms with Gasteiger partial charge in [0.15, 0.2) is 0 Å². The Bertz CT molecular complexity index is 794. The highest BCUT2D eigenvalue weighted by molar-refractivity contribution is 5.95. The predicted octanol–water partition coefficient (Wildman–Crippen LogP) is 3.65. The summed E-state index contributed by atoms with van der Waals surface area (Å²) in [5.41, 5.74) is 6.33. The molecule has 0 spiro atoms. The summed E-state index contributed by atoms with van der Waals surface area (Å²) < 4.78 is 52.0. The number of carbonyl (C=O) groups is 2. The zero-order chi connectivity index (χ0) is 22.2. The molecule has 9 heteroatoms. The van der Waals surface area contributed by atoms with Gasteiger partial charge in [0.25, 0.3) is 0 Å². The third kappa shape index (κ3) is 5.50. The van der Waals surface area contributed by atoms with Gasteiger partial charge in [0, 0.05) is 7.05 Å². The van der Waals surface area contributed by atoms with E-state index in [4.69, 9.17) is 5.73 Å². The molecule has 2 fully saturated rings. The minimum Gasteiger partial charge on any atom is -0.336 e. The van der Waals surface area contributed by atoms with Crippen molar-refractivity contribution in [2.45, 2.75) is 50.7 Å². The average Bonchev–Trinajstić information content (AvgIpc) is 3.55. The zero-order valence-corrected chi connectivity index (χ0v) is 17.0. The summed E-state index contributed by atoms with van der Waals surface area (Å²) in [7, 11) is 1.05. The average molecular weight is 429 g/mol. The van der Waals surface area contributed by atoms with Crippen LogP contribution in [-0.4, -0.2) is 42.5 Å². The van der Waals surface area contributed by atoms with Crippen LogP contribution in [0.2, 0.25) is 0 Å². The Kier molecular flexibility index (Phi) is 6.40. The largest absolute Gasteiger partial charge is 0.406 e. The second kappa shape index (κ2) is 8.53. The fourth-order valence-electron chi connectivity index (χ4n) is 4.05. The molecule has 3 N–H and O–H groups in total. The summed E-state index contributed by atoms with van der Waals surface area (Å²) in [6, 6.07) is 3.09. The molecule has 166 valence electrons. The van der Waals surface area contributed by atoms with Gasteiger partial charge < -0.3 is 16.0 Å². The second-order valence-electron chi connectivity index (χ2n) is 8.54. The normalized spacial score (nSPS) is 18.8. The molecule has 0 unspecified atom stereocenters. The molecule has 0 aliphatic heterocycles. The highest BCUT2D eigenvalue weighted by Crippen LogP contribution is 2.50. The van der Waals surface area contributed by atoms with Crippen LogP contribution in [0.1, 0.15) is 44.1 Å². The van der Waals surface area contributed by atoms with Crippen molar-refractivity contribution in [3.63, 3.8) is 0 Å². The Hall–Kier alpha value is -2.16. The van der Waals surface area contributed by atoms with E-state index in [2.05, 4.69) is 5.32 Å². The van der Waals surface area contributed by atoms with Crippen molar-refractivity contribution in [3.8, 4) is 0 Å². The number of alkyl halides is 3. The molecule has 30 heavy (non-hydrogen) atoms. The Morgan fingerprint density at radius 3 is 2.23 bits per heavy atom. The van der Waals surface area contributed by atoms with Crippen molar-refractivity contribution in [1.29, 1.82) is 0 Å². The molecule has 3 rings (SSSR count). The van der Waals surface area contributed by atoms with Gasteiger partial charge in [0.1, 0.15) is 12.4 Å². The van der Waals surface area contributed by atoms with Crippen LogP contribution in [0, 0.1) is 23.6 Å². The van der Waals surface area contributed by atoms with E-state index in [1.54, 1.807) is 0 Å². The van der Waals surface area contributed by atoms with Gasteiger partial charge in [-0.15, -0.1) is 0 Å². The number of rotatable bonds is 8. The lowest BCUT2D eigenvalue weighted by Crippen LogP contribution is -2.44. The van der Waals surface area contributed by atoms with E-state index >= 15 is 0 Å². The third-order valence-corrected chi connectivity index (χ3v) is 5.96. The molecule has 0 saturated heterocycles. The topological polar surface area (TPSA) is 75.4 Å². The first-order chi connectivity index (χ1) is 14.0. The number of carbonyl (C=O) groups excluding carboxylic acids is 2. The van der Waals surface area contributed by atoms with Crippen LogP contribution in [0.3, 0.4) is 0 Å². The van der Waals surface area contributed by atoms with Gasteiger partial charge in [-0.25, -0.2) is 4.39 Å². The van der Waals surface area contributed by atoms with E-state index in [1.807, 2.05) is 0 Å². The molecule has 2 saturated carbocycles. The van der Waals surface area contributed by atoms with Crippen molar-refractivity contribution < 1.29 is 27.2 Å². The molecular weight excluding hydrogens is 402 g/mol. The number of likely N-dealkylation sites (N-methyl/N-ethyl adjacent to an activating group) is 1. The van der Waals surface area contributed by atoms with E-state index in [0.29, 0.717) is 16.7 Å². The Morgan fingerprint density at radius 1 is 1.20 bits per heavy atom. The van der Waals surface area contributed by atoms with Crippen LogP contribution >= 0.6 is 0 Å². The fraction of sp³-hybridized carbons (Fsp3) is 0.619. The van der Waals surface area contributed by atoms with Crippen LogP contribution in [-0.2, 0) is 9.59 Å². The van der Waals surface area contributed by atoms with Crippen LogP contribution in [0.25, 0.3) is 0 Å². The summed E-state index contributed by atoms with van der Waals surface area (Å²) in [6.45, 7) is 0.0296. The van der Waals surface area contributed by atoms with Gasteiger partial charge >= 0.3 is 6.18 Å². The lowest BCUT2D eigenvalue weighted by molar-refractivity contribution is -0.159. The fourth-order valence-corrected chi connectivity index (χ4v) is 4.05. The first-order valence-electron chi connectivity index (χ1n) is 10.2. The molecule has 2 aliphatic rings. The summed E-state index contributed by atoms with van der Waals surface area (Å²) >= 11 is 0. The Morgan fingerprint density at radius 2 is 1.77 bits per heavy atom. The second-order valence-corrected chi connectivity index (χ2v) is 8.54. The van der Waals surface area contributed by atoms with E-state index in [-0.39, 0.29) is 17.2 Å². The molecule has 0 bridgehead atoms. The van der Waals surface area contributed by atoms with Crippen molar-refractivity contribution >= 4 is 17.5 Å². The van der Waals surface area contributed by atoms with E-state index in [1.165, 1.54) is 19.1 Å². The minimum absolute atomic E-state index is 0.0622. The van der Waals surface area contributed by atoms with Crippen LogP contribution in [0.15, 0.2) is 18.2 Å². The van der Waals surface area contributed by atoms with Crippen molar-refractivity contribution in [3.05, 3.63) is 29.6 Å². The smallest absolute Gasteiger partial charge is 0.336 e. The number of hydrogen-bond acceptors (Lipinski definition) is 3. The molecule has 2 atom stereocenters. The van der Waals surface area contributed by atoms with Gasteiger partial charge in [-0.1, -0.05) is 6.07 Å². The maximum Gasteiger partial charge on any atom is 0.406 e. The van der Waals surface area contributed by atoms with Gasteiger partial charge in [-0.2, -0.15) is 13.2 Å². The summed E-state index contributed by atoms with van der Waals surface area (Å²) in [5, 5.41) is 2.52. The number of anilines is 1. The number of nitrogens with two attached hydrogens (primary N) is 1. The minimum atomic E-state index is -4.51. The number of halogens is 4. The number of amides is 2. The highest BCUT2D eigenvalue weighted by Gasteiger charge is 2.46.